The molecule has 1 saturated heterocycles. The van der Waals surface area contributed by atoms with Crippen LogP contribution in [0.4, 0.5) is 5.00 Å². The van der Waals surface area contributed by atoms with Crippen LogP contribution in [0.3, 0.4) is 0 Å². The van der Waals surface area contributed by atoms with Crippen LogP contribution < -0.4 is 10.6 Å². The molecule has 8 nitrogen and oxygen atoms in total. The molecule has 1 fully saturated rings. The maximum atomic E-state index is 13.2. The number of nitrogens with one attached hydrogen (secondary N) is 2. The highest BCUT2D eigenvalue weighted by Crippen LogP contribution is 2.38. The number of hydrogen-bond donors (Lipinski definition) is 2. The summed E-state index contributed by atoms with van der Waals surface area (Å²) >= 11 is 1.43. The molecule has 2 N–H and O–H groups in total. The first kappa shape index (κ1) is 27.5. The van der Waals surface area contributed by atoms with E-state index in [-0.39, 0.29) is 16.7 Å². The minimum atomic E-state index is -3.59. The predicted molar refractivity (Wildman–Crippen MR) is 154 cm³/mol. The summed E-state index contributed by atoms with van der Waals surface area (Å²) in [7, 11) is -2.00. The number of sulfonamides is 1. The molecule has 2 aromatic carbocycles. The Morgan fingerprint density at radius 3 is 2.33 bits per heavy atom. The van der Waals surface area contributed by atoms with E-state index in [1.54, 1.807) is 7.05 Å². The van der Waals surface area contributed by atoms with Crippen molar-refractivity contribution >= 4 is 38.2 Å². The number of benzene rings is 2. The molecule has 0 saturated carbocycles. The lowest BCUT2D eigenvalue weighted by molar-refractivity contribution is 0.0962. The van der Waals surface area contributed by atoms with Gasteiger partial charge in [0.15, 0.2) is 0 Å². The van der Waals surface area contributed by atoms with E-state index in [1.807, 2.05) is 18.2 Å². The lowest BCUT2D eigenvalue weighted by atomic mass is 10.0. The van der Waals surface area contributed by atoms with Crippen molar-refractivity contribution in [1.29, 1.82) is 0 Å². The summed E-state index contributed by atoms with van der Waals surface area (Å²) in [5.74, 6) is -0.0794. The molecule has 0 unspecified atom stereocenters. The van der Waals surface area contributed by atoms with Crippen molar-refractivity contribution in [3.63, 3.8) is 0 Å². The third-order valence-electron chi connectivity index (χ3n) is 7.56. The number of anilines is 1. The Kier molecular flexibility index (Phi) is 8.18. The van der Waals surface area contributed by atoms with Crippen LogP contribution in [0.1, 0.15) is 56.5 Å². The van der Waals surface area contributed by atoms with Crippen LogP contribution in [-0.4, -0.2) is 56.1 Å². The van der Waals surface area contributed by atoms with Crippen molar-refractivity contribution in [3.8, 4) is 0 Å². The number of carbonyl (C=O) groups is 2. The van der Waals surface area contributed by atoms with Gasteiger partial charge in [0.1, 0.15) is 5.00 Å². The minimum Gasteiger partial charge on any atom is -0.355 e. The Bertz CT molecular complexity index is 1440. The summed E-state index contributed by atoms with van der Waals surface area (Å²) in [5.41, 5.74) is 3.07. The molecule has 3 heterocycles. The SMILES string of the molecule is CNC(=O)c1c(NC(=O)c2ccc(S(=O)(=O)N3CCC(C)CC3)cc2)sc2c1CCN(Cc1ccccc1)C2. The largest absolute Gasteiger partial charge is 0.355 e. The Balaban J connectivity index is 1.32. The van der Waals surface area contributed by atoms with Crippen molar-refractivity contribution in [1.82, 2.24) is 14.5 Å². The molecular weight excluding hydrogens is 532 g/mol. The summed E-state index contributed by atoms with van der Waals surface area (Å²) in [5, 5.41) is 6.16. The average Bonchev–Trinajstić information content (AvgIpc) is 3.30. The van der Waals surface area contributed by atoms with Crippen LogP contribution in [0.15, 0.2) is 59.5 Å². The first-order valence-corrected chi connectivity index (χ1v) is 15.6. The fraction of sp³-hybridized carbons (Fsp3) is 0.379. The van der Waals surface area contributed by atoms with Gasteiger partial charge in [-0.2, -0.15) is 4.31 Å². The zero-order chi connectivity index (χ0) is 27.6. The average molecular weight is 567 g/mol. The lowest BCUT2D eigenvalue weighted by Crippen LogP contribution is -2.37. The van der Waals surface area contributed by atoms with Gasteiger partial charge in [-0.3, -0.25) is 14.5 Å². The second-order valence-corrected chi connectivity index (χ2v) is 13.3. The second kappa shape index (κ2) is 11.6. The van der Waals surface area contributed by atoms with Gasteiger partial charge in [-0.25, -0.2) is 8.42 Å². The third kappa shape index (κ3) is 5.94. The molecule has 206 valence electrons. The van der Waals surface area contributed by atoms with E-state index in [9.17, 15) is 18.0 Å². The van der Waals surface area contributed by atoms with Crippen LogP contribution in [0.2, 0.25) is 0 Å². The first-order chi connectivity index (χ1) is 18.8. The number of hydrogen-bond acceptors (Lipinski definition) is 6. The molecule has 0 aliphatic carbocycles. The van der Waals surface area contributed by atoms with Crippen LogP contribution in [-0.2, 0) is 29.5 Å². The molecule has 3 aromatic rings. The monoisotopic (exact) mass is 566 g/mol. The second-order valence-electron chi connectivity index (χ2n) is 10.3. The van der Waals surface area contributed by atoms with E-state index >= 15 is 0 Å². The normalized spacial score (nSPS) is 17.0. The van der Waals surface area contributed by atoms with E-state index in [2.05, 4.69) is 34.6 Å². The fourth-order valence-corrected chi connectivity index (χ4v) is 7.97. The van der Waals surface area contributed by atoms with Crippen LogP contribution in [0.25, 0.3) is 0 Å². The highest BCUT2D eigenvalue weighted by atomic mass is 32.2. The Morgan fingerprint density at radius 1 is 0.974 bits per heavy atom. The van der Waals surface area contributed by atoms with Gasteiger partial charge in [-0.15, -0.1) is 11.3 Å². The fourth-order valence-electron chi connectivity index (χ4n) is 5.21. The maximum absolute atomic E-state index is 13.2. The quantitative estimate of drug-likeness (QED) is 0.443. The molecule has 2 aliphatic rings. The highest BCUT2D eigenvalue weighted by Gasteiger charge is 2.30. The van der Waals surface area contributed by atoms with Crippen molar-refractivity contribution in [2.24, 2.45) is 5.92 Å². The van der Waals surface area contributed by atoms with Gasteiger partial charge < -0.3 is 10.6 Å². The van der Waals surface area contributed by atoms with Crippen LogP contribution in [0.5, 0.6) is 0 Å². The number of rotatable bonds is 7. The molecule has 0 radical (unpaired) electrons. The van der Waals surface area contributed by atoms with Gasteiger partial charge in [-0.05, 0) is 60.6 Å². The molecule has 10 heteroatoms. The smallest absolute Gasteiger partial charge is 0.256 e. The zero-order valence-electron chi connectivity index (χ0n) is 22.3. The topological polar surface area (TPSA) is 98.8 Å². The van der Waals surface area contributed by atoms with E-state index in [4.69, 9.17) is 0 Å². The van der Waals surface area contributed by atoms with Gasteiger partial charge in [0.05, 0.1) is 10.5 Å². The third-order valence-corrected chi connectivity index (χ3v) is 10.6. The molecule has 39 heavy (non-hydrogen) atoms. The van der Waals surface area contributed by atoms with Gasteiger partial charge in [0.25, 0.3) is 11.8 Å². The van der Waals surface area contributed by atoms with Crippen molar-refractivity contribution in [3.05, 3.63) is 81.7 Å². The first-order valence-electron chi connectivity index (χ1n) is 13.3. The zero-order valence-corrected chi connectivity index (χ0v) is 23.9. The summed E-state index contributed by atoms with van der Waals surface area (Å²) in [6, 6.07) is 16.3. The summed E-state index contributed by atoms with van der Waals surface area (Å²) in [6.45, 7) is 5.51. The van der Waals surface area contributed by atoms with Crippen LogP contribution >= 0.6 is 11.3 Å². The molecule has 0 atom stereocenters. The summed E-state index contributed by atoms with van der Waals surface area (Å²) < 4.78 is 27.6. The number of piperidine rings is 1. The van der Waals surface area contributed by atoms with Gasteiger partial charge >= 0.3 is 0 Å². The van der Waals surface area contributed by atoms with Gasteiger partial charge in [-0.1, -0.05) is 37.3 Å². The molecule has 5 rings (SSSR count). The molecule has 1 aromatic heterocycles. The molecule has 0 spiro atoms. The lowest BCUT2D eigenvalue weighted by Gasteiger charge is -2.29. The van der Waals surface area contributed by atoms with E-state index < -0.39 is 10.0 Å². The molecule has 2 aliphatic heterocycles. The van der Waals surface area contributed by atoms with Gasteiger partial charge in [0.2, 0.25) is 10.0 Å². The Morgan fingerprint density at radius 2 is 1.67 bits per heavy atom. The minimum absolute atomic E-state index is 0.185. The van der Waals surface area contributed by atoms with Crippen molar-refractivity contribution in [2.75, 3.05) is 32.0 Å². The molecular formula is C29H34N4O4S2. The highest BCUT2D eigenvalue weighted by molar-refractivity contribution is 7.89. The maximum Gasteiger partial charge on any atom is 0.256 e. The summed E-state index contributed by atoms with van der Waals surface area (Å²) in [4.78, 5) is 29.6. The predicted octanol–water partition coefficient (Wildman–Crippen LogP) is 4.34. The Hall–Kier alpha value is -3.05. The summed E-state index contributed by atoms with van der Waals surface area (Å²) in [6.07, 6.45) is 2.42. The number of fused-ring (bicyclic) bond motifs is 1. The van der Waals surface area contributed by atoms with E-state index in [1.165, 1.54) is 45.5 Å². The number of nitrogens with zero attached hydrogens (tertiary/aromatic N) is 2. The standard InChI is InChI=1S/C29H34N4O4S2/c1-20-12-16-33(17-13-20)39(36,37)23-10-8-22(9-11-23)27(34)31-29-26(28(35)30-2)24-14-15-32(19-25(24)38-29)18-21-6-4-3-5-7-21/h3-11,20H,12-19H2,1-2H3,(H,30,35)(H,31,34). The molecule has 2 amide bonds. The number of carbonyl (C=O) groups excluding carboxylic acids is 2. The molecule has 0 bridgehead atoms. The Labute approximate surface area is 234 Å². The van der Waals surface area contributed by atoms with Crippen LogP contribution in [0, 0.1) is 5.92 Å². The number of thiophene rings is 1. The van der Waals surface area contributed by atoms with Crippen molar-refractivity contribution < 1.29 is 18.0 Å². The van der Waals surface area contributed by atoms with E-state index in [0.717, 1.165) is 42.8 Å². The number of amides is 2. The van der Waals surface area contributed by atoms with E-state index in [0.29, 0.717) is 41.7 Å². The van der Waals surface area contributed by atoms with Gasteiger partial charge in [0, 0.05) is 50.2 Å². The van der Waals surface area contributed by atoms with Crippen molar-refractivity contribution in [2.45, 2.75) is 44.2 Å².